The van der Waals surface area contributed by atoms with Crippen molar-refractivity contribution < 1.29 is 19.1 Å². The van der Waals surface area contributed by atoms with Gasteiger partial charge in [-0.3, -0.25) is 0 Å². The molecule has 36 heavy (non-hydrogen) atoms. The molecule has 4 aromatic rings. The van der Waals surface area contributed by atoms with Crippen molar-refractivity contribution in [3.63, 3.8) is 0 Å². The van der Waals surface area contributed by atoms with Crippen molar-refractivity contribution in [2.45, 2.75) is 36.9 Å². The largest absolute Gasteiger partial charge is 0.453 e. The smallest absolute Gasteiger partial charge is 0.338 e. The van der Waals surface area contributed by atoms with Gasteiger partial charge in [-0.2, -0.15) is 0 Å². The molecule has 178 valence electrons. The highest BCUT2D eigenvalue weighted by Gasteiger charge is 2.65. The summed E-state index contributed by atoms with van der Waals surface area (Å²) in [6, 6.07) is 34.3. The van der Waals surface area contributed by atoms with E-state index in [0.717, 1.165) is 22.3 Å². The van der Waals surface area contributed by atoms with Gasteiger partial charge in [-0.25, -0.2) is 9.59 Å². The molecule has 4 nitrogen and oxygen atoms in total. The van der Waals surface area contributed by atoms with Crippen LogP contribution in [0.1, 0.15) is 56.8 Å². The van der Waals surface area contributed by atoms with E-state index in [2.05, 4.69) is 38.1 Å². The predicted octanol–water partition coefficient (Wildman–Crippen LogP) is 6.08. The Morgan fingerprint density at radius 2 is 0.778 bits per heavy atom. The van der Waals surface area contributed by atoms with E-state index in [4.69, 9.17) is 9.47 Å². The highest BCUT2D eigenvalue weighted by molar-refractivity contribution is 5.91. The summed E-state index contributed by atoms with van der Waals surface area (Å²) in [4.78, 5) is 26.8. The molecule has 0 saturated heterocycles. The van der Waals surface area contributed by atoms with Crippen LogP contribution in [0.5, 0.6) is 0 Å². The lowest BCUT2D eigenvalue weighted by Gasteiger charge is -2.59. The molecule has 4 heteroatoms. The first-order chi connectivity index (χ1) is 17.5. The molecule has 0 aromatic heterocycles. The summed E-state index contributed by atoms with van der Waals surface area (Å²) in [5.74, 6) is -0.873. The van der Waals surface area contributed by atoms with Gasteiger partial charge in [0.1, 0.15) is 0 Å². The number of carbonyl (C=O) groups is 2. The number of esters is 2. The molecule has 0 saturated carbocycles. The fraction of sp³-hybridized carbons (Fsp3) is 0.188. The zero-order chi connectivity index (χ0) is 24.9. The highest BCUT2D eigenvalue weighted by atomic mass is 16.6. The van der Waals surface area contributed by atoms with E-state index >= 15 is 0 Å². The van der Waals surface area contributed by atoms with Crippen molar-refractivity contribution in [1.29, 1.82) is 0 Å². The fourth-order valence-electron chi connectivity index (χ4n) is 6.16. The molecule has 3 aliphatic rings. The van der Waals surface area contributed by atoms with Crippen LogP contribution in [0.4, 0.5) is 0 Å². The summed E-state index contributed by atoms with van der Waals surface area (Å²) in [7, 11) is 0. The van der Waals surface area contributed by atoms with Crippen molar-refractivity contribution in [2.24, 2.45) is 0 Å². The van der Waals surface area contributed by atoms with Gasteiger partial charge in [-0.15, -0.1) is 0 Å². The molecular formula is C32H26O4. The second-order valence-electron chi connectivity index (χ2n) is 9.88. The first-order valence-electron chi connectivity index (χ1n) is 12.2. The molecular weight excluding hydrogens is 448 g/mol. The lowest BCUT2D eigenvalue weighted by Crippen LogP contribution is -2.66. The SMILES string of the molecule is C[C@]12c3ccccc3[C@](C)(c3ccccc31)[C@@H](OC(=O)c1ccccc1)[C@H]2OC(=O)c1ccccc1. The average Bonchev–Trinajstić information content (AvgIpc) is 2.93. The quantitative estimate of drug-likeness (QED) is 0.337. The van der Waals surface area contributed by atoms with Crippen LogP contribution in [-0.2, 0) is 20.3 Å². The van der Waals surface area contributed by atoms with E-state index in [-0.39, 0.29) is 0 Å². The minimum absolute atomic E-state index is 0.436. The summed E-state index contributed by atoms with van der Waals surface area (Å²) in [5, 5.41) is 0. The fourth-order valence-corrected chi connectivity index (χ4v) is 6.16. The Morgan fingerprint density at radius 3 is 1.08 bits per heavy atom. The van der Waals surface area contributed by atoms with Crippen LogP contribution in [0, 0.1) is 0 Å². The van der Waals surface area contributed by atoms with Crippen molar-refractivity contribution in [3.8, 4) is 0 Å². The van der Waals surface area contributed by atoms with Gasteiger partial charge in [0.2, 0.25) is 0 Å². The number of ether oxygens (including phenoxy) is 2. The maximum atomic E-state index is 13.4. The van der Waals surface area contributed by atoms with Crippen molar-refractivity contribution in [3.05, 3.63) is 143 Å². The molecule has 0 unspecified atom stereocenters. The van der Waals surface area contributed by atoms with Gasteiger partial charge in [-0.1, -0.05) is 84.9 Å². The Balaban J connectivity index is 1.54. The number of hydrogen-bond donors (Lipinski definition) is 0. The number of benzene rings is 4. The van der Waals surface area contributed by atoms with Crippen LogP contribution in [-0.4, -0.2) is 24.1 Å². The lowest BCUT2D eigenvalue weighted by atomic mass is 9.47. The lowest BCUT2D eigenvalue weighted by molar-refractivity contribution is -0.0908. The molecule has 0 heterocycles. The third-order valence-corrected chi connectivity index (χ3v) is 7.99. The minimum atomic E-state index is -0.729. The maximum absolute atomic E-state index is 13.4. The second-order valence-corrected chi connectivity index (χ2v) is 9.88. The van der Waals surface area contributed by atoms with E-state index in [9.17, 15) is 9.59 Å². The van der Waals surface area contributed by atoms with Gasteiger partial charge in [0.15, 0.2) is 12.2 Å². The monoisotopic (exact) mass is 474 g/mol. The number of rotatable bonds is 4. The summed E-state index contributed by atoms with van der Waals surface area (Å²) < 4.78 is 12.7. The number of carbonyl (C=O) groups excluding carboxylic acids is 2. The zero-order valence-corrected chi connectivity index (χ0v) is 20.2. The van der Waals surface area contributed by atoms with Crippen LogP contribution >= 0.6 is 0 Å². The van der Waals surface area contributed by atoms with E-state index < -0.39 is 35.0 Å². The Kier molecular flexibility index (Phi) is 5.08. The van der Waals surface area contributed by atoms with Gasteiger partial charge in [0, 0.05) is 0 Å². The summed E-state index contributed by atoms with van der Waals surface area (Å²) in [6.07, 6.45) is -1.46. The van der Waals surface area contributed by atoms with Gasteiger partial charge >= 0.3 is 11.9 Å². The molecule has 0 radical (unpaired) electrons. The van der Waals surface area contributed by atoms with E-state index in [1.807, 2.05) is 60.7 Å². The zero-order valence-electron chi connectivity index (χ0n) is 20.2. The van der Waals surface area contributed by atoms with Crippen LogP contribution in [0.25, 0.3) is 0 Å². The molecule has 0 aliphatic heterocycles. The van der Waals surface area contributed by atoms with Gasteiger partial charge in [0.25, 0.3) is 0 Å². The van der Waals surface area contributed by atoms with Gasteiger partial charge in [0.05, 0.1) is 22.0 Å². The standard InChI is InChI=1S/C32H26O4/c1-31-23-17-9-11-19-25(23)32(2,26-20-12-10-18-24(26)31)28(36-30(34)22-15-7-4-8-16-22)27(31)35-29(33)21-13-5-3-6-14-21/h3-20,27-28H,1-2H3/t27-,28+,31-,32+. The highest BCUT2D eigenvalue weighted by Crippen LogP contribution is 2.60. The molecule has 2 atom stereocenters. The summed E-state index contributed by atoms with van der Waals surface area (Å²) in [6.45, 7) is 4.19. The van der Waals surface area contributed by atoms with E-state index in [1.54, 1.807) is 24.3 Å². The Bertz CT molecular complexity index is 1300. The van der Waals surface area contributed by atoms with E-state index in [0.29, 0.717) is 11.1 Å². The third-order valence-electron chi connectivity index (χ3n) is 7.99. The van der Waals surface area contributed by atoms with Gasteiger partial charge in [-0.05, 0) is 60.4 Å². The molecule has 0 amide bonds. The van der Waals surface area contributed by atoms with Gasteiger partial charge < -0.3 is 9.47 Å². The summed E-state index contributed by atoms with van der Waals surface area (Å²) in [5.41, 5.74) is 3.85. The van der Waals surface area contributed by atoms with Crippen LogP contribution in [0.3, 0.4) is 0 Å². The van der Waals surface area contributed by atoms with Crippen molar-refractivity contribution in [2.75, 3.05) is 0 Å². The number of fused-ring (bicyclic) bond motifs is 1. The average molecular weight is 475 g/mol. The van der Waals surface area contributed by atoms with Crippen molar-refractivity contribution >= 4 is 11.9 Å². The topological polar surface area (TPSA) is 52.6 Å². The van der Waals surface area contributed by atoms with Crippen LogP contribution in [0.15, 0.2) is 109 Å². The molecule has 0 fully saturated rings. The minimum Gasteiger partial charge on any atom is -0.453 e. The molecule has 0 spiro atoms. The first-order valence-corrected chi connectivity index (χ1v) is 12.2. The molecule has 7 rings (SSSR count). The van der Waals surface area contributed by atoms with Crippen LogP contribution < -0.4 is 0 Å². The molecule has 3 aliphatic carbocycles. The summed E-state index contributed by atoms with van der Waals surface area (Å²) >= 11 is 0. The molecule has 0 N–H and O–H groups in total. The second kappa shape index (κ2) is 8.20. The normalized spacial score (nSPS) is 25.4. The third kappa shape index (κ3) is 3.07. The van der Waals surface area contributed by atoms with Crippen LogP contribution in [0.2, 0.25) is 0 Å². The molecule has 4 aromatic carbocycles. The predicted molar refractivity (Wildman–Crippen MR) is 137 cm³/mol. The maximum Gasteiger partial charge on any atom is 0.338 e. The Labute approximate surface area is 210 Å². The van der Waals surface area contributed by atoms with E-state index in [1.165, 1.54) is 0 Å². The number of hydrogen-bond acceptors (Lipinski definition) is 4. The first kappa shape index (κ1) is 22.3. The molecule has 2 bridgehead atoms. The van der Waals surface area contributed by atoms with Crippen molar-refractivity contribution in [1.82, 2.24) is 0 Å². The Hall–Kier alpha value is -4.18. The Morgan fingerprint density at radius 1 is 0.500 bits per heavy atom.